The Morgan fingerprint density at radius 3 is 2.57 bits per heavy atom. The largest absolute Gasteiger partial charge is 0.366 e. The molecule has 3 rings (SSSR count). The normalized spacial score (nSPS) is 15.6. The average Bonchev–Trinajstić information content (AvgIpc) is 2.95. The summed E-state index contributed by atoms with van der Waals surface area (Å²) in [6.45, 7) is 0. The van der Waals surface area contributed by atoms with E-state index in [1.807, 2.05) is 0 Å². The number of rotatable bonds is 5. The molecule has 1 fully saturated rings. The summed E-state index contributed by atoms with van der Waals surface area (Å²) in [5.41, 5.74) is 6.28. The van der Waals surface area contributed by atoms with E-state index in [-0.39, 0.29) is 15.6 Å². The number of anilines is 1. The van der Waals surface area contributed by atoms with E-state index in [1.54, 1.807) is 48.6 Å². The van der Waals surface area contributed by atoms with Gasteiger partial charge in [0, 0.05) is 6.07 Å². The Morgan fingerprint density at radius 2 is 1.86 bits per heavy atom. The zero-order valence-electron chi connectivity index (χ0n) is 14.3. The standard InChI is InChI=1S/C19H13N3O4S2/c20-17(23)13-8-2-4-10-15(13)21-18(24)16(28-19(21)27)11-5-7-12-6-1-3-9-14(12)22(25)26/h1-11H,(H2,20,23)/b7-5+,16-11-. The van der Waals surface area contributed by atoms with Gasteiger partial charge in [0.1, 0.15) is 0 Å². The lowest BCUT2D eigenvalue weighted by molar-refractivity contribution is -0.385. The van der Waals surface area contributed by atoms with Gasteiger partial charge in [0.2, 0.25) is 0 Å². The summed E-state index contributed by atoms with van der Waals surface area (Å²) in [5, 5.41) is 11.1. The first-order valence-electron chi connectivity index (χ1n) is 7.97. The van der Waals surface area contributed by atoms with E-state index in [0.29, 0.717) is 16.2 Å². The van der Waals surface area contributed by atoms with Crippen molar-refractivity contribution in [1.29, 1.82) is 0 Å². The van der Waals surface area contributed by atoms with Crippen molar-refractivity contribution in [2.24, 2.45) is 5.73 Å². The maximum atomic E-state index is 12.8. The van der Waals surface area contributed by atoms with Crippen LogP contribution in [0.15, 0.2) is 65.6 Å². The van der Waals surface area contributed by atoms with Gasteiger partial charge in [-0.2, -0.15) is 0 Å². The summed E-state index contributed by atoms with van der Waals surface area (Å²) >= 11 is 6.36. The van der Waals surface area contributed by atoms with Gasteiger partial charge >= 0.3 is 0 Å². The molecule has 1 heterocycles. The van der Waals surface area contributed by atoms with Gasteiger partial charge in [-0.3, -0.25) is 24.6 Å². The molecule has 1 aliphatic heterocycles. The molecular weight excluding hydrogens is 398 g/mol. The third-order valence-corrected chi connectivity index (χ3v) is 5.18. The van der Waals surface area contributed by atoms with Crippen LogP contribution in [-0.4, -0.2) is 21.1 Å². The van der Waals surface area contributed by atoms with Gasteiger partial charge in [-0.15, -0.1) is 0 Å². The van der Waals surface area contributed by atoms with Crippen molar-refractivity contribution >= 4 is 57.6 Å². The molecule has 0 spiro atoms. The second kappa shape index (κ2) is 8.15. The van der Waals surface area contributed by atoms with Crippen molar-refractivity contribution in [2.75, 3.05) is 4.90 Å². The third-order valence-electron chi connectivity index (χ3n) is 3.86. The number of nitrogens with two attached hydrogens (primary N) is 1. The van der Waals surface area contributed by atoms with Crippen LogP contribution in [0.5, 0.6) is 0 Å². The molecule has 2 aromatic rings. The van der Waals surface area contributed by atoms with Crippen LogP contribution in [0.3, 0.4) is 0 Å². The Bertz CT molecular complexity index is 1060. The number of nitro groups is 1. The molecule has 1 aliphatic rings. The van der Waals surface area contributed by atoms with Crippen LogP contribution >= 0.6 is 24.0 Å². The highest BCUT2D eigenvalue weighted by molar-refractivity contribution is 8.27. The lowest BCUT2D eigenvalue weighted by Gasteiger charge is -2.17. The molecule has 0 unspecified atom stereocenters. The quantitative estimate of drug-likeness (QED) is 0.348. The number of allylic oxidation sites excluding steroid dienone is 2. The number of thiocarbonyl (C=S) groups is 1. The van der Waals surface area contributed by atoms with Crippen molar-refractivity contribution in [3.05, 3.63) is 86.8 Å². The summed E-state index contributed by atoms with van der Waals surface area (Å²) in [7, 11) is 0. The number of hydrogen-bond donors (Lipinski definition) is 1. The Morgan fingerprint density at radius 1 is 1.18 bits per heavy atom. The molecular formula is C19H13N3O4S2. The van der Waals surface area contributed by atoms with Gasteiger partial charge < -0.3 is 5.73 Å². The highest BCUT2D eigenvalue weighted by atomic mass is 32.2. The molecule has 0 aliphatic carbocycles. The maximum Gasteiger partial charge on any atom is 0.276 e. The molecule has 1 saturated heterocycles. The Labute approximate surface area is 169 Å². The number of amides is 2. The minimum Gasteiger partial charge on any atom is -0.366 e. The van der Waals surface area contributed by atoms with Crippen LogP contribution in [0.4, 0.5) is 11.4 Å². The van der Waals surface area contributed by atoms with Crippen LogP contribution in [-0.2, 0) is 4.79 Å². The summed E-state index contributed by atoms with van der Waals surface area (Å²) in [4.78, 5) is 36.6. The zero-order valence-corrected chi connectivity index (χ0v) is 15.9. The van der Waals surface area contributed by atoms with Crippen molar-refractivity contribution in [2.45, 2.75) is 0 Å². The first kappa shape index (κ1) is 19.5. The summed E-state index contributed by atoms with van der Waals surface area (Å²) in [6, 6.07) is 12.7. The number of primary amides is 1. The Hall–Kier alpha value is -3.30. The highest BCUT2D eigenvalue weighted by Gasteiger charge is 2.34. The van der Waals surface area contributed by atoms with E-state index in [4.69, 9.17) is 18.0 Å². The number of nitro benzene ring substituents is 1. The number of carbonyl (C=O) groups is 2. The molecule has 140 valence electrons. The smallest absolute Gasteiger partial charge is 0.276 e. The van der Waals surface area contributed by atoms with E-state index in [2.05, 4.69) is 0 Å². The number of carbonyl (C=O) groups excluding carboxylic acids is 2. The van der Waals surface area contributed by atoms with Gasteiger partial charge in [-0.1, -0.05) is 54.3 Å². The van der Waals surface area contributed by atoms with Crippen LogP contribution in [0.1, 0.15) is 15.9 Å². The minimum atomic E-state index is -0.662. The molecule has 0 aromatic heterocycles. The van der Waals surface area contributed by atoms with E-state index in [0.717, 1.165) is 11.8 Å². The predicted molar refractivity (Wildman–Crippen MR) is 113 cm³/mol. The van der Waals surface area contributed by atoms with E-state index < -0.39 is 16.7 Å². The Kier molecular flexibility index (Phi) is 5.67. The van der Waals surface area contributed by atoms with Crippen LogP contribution in [0.25, 0.3) is 6.08 Å². The molecule has 9 heteroatoms. The molecule has 2 amide bonds. The van der Waals surface area contributed by atoms with Gasteiger partial charge in [0.15, 0.2) is 4.32 Å². The second-order valence-corrected chi connectivity index (χ2v) is 7.27. The highest BCUT2D eigenvalue weighted by Crippen LogP contribution is 2.36. The lowest BCUT2D eigenvalue weighted by Crippen LogP contribution is -2.30. The van der Waals surface area contributed by atoms with Crippen LogP contribution in [0.2, 0.25) is 0 Å². The van der Waals surface area contributed by atoms with Gasteiger partial charge in [-0.05, 0) is 30.4 Å². The van der Waals surface area contributed by atoms with Gasteiger partial charge in [0.25, 0.3) is 17.5 Å². The molecule has 0 bridgehead atoms. The number of nitrogens with zero attached hydrogens (tertiary/aromatic N) is 2. The number of thioether (sulfide) groups is 1. The number of benzene rings is 2. The molecule has 0 atom stereocenters. The second-order valence-electron chi connectivity index (χ2n) is 5.60. The number of para-hydroxylation sites is 2. The first-order chi connectivity index (χ1) is 13.4. The van der Waals surface area contributed by atoms with Crippen LogP contribution < -0.4 is 10.6 Å². The predicted octanol–water partition coefficient (Wildman–Crippen LogP) is 3.66. The third kappa shape index (κ3) is 3.85. The van der Waals surface area contributed by atoms with E-state index in [1.165, 1.54) is 23.1 Å². The SMILES string of the molecule is NC(=O)c1ccccc1N1C(=O)/C(=C/C=C/c2ccccc2[N+](=O)[O-])SC1=S. The summed E-state index contributed by atoms with van der Waals surface area (Å²) in [5.74, 6) is -1.05. The van der Waals surface area contributed by atoms with E-state index in [9.17, 15) is 19.7 Å². The Balaban J connectivity index is 1.89. The van der Waals surface area contributed by atoms with Gasteiger partial charge in [-0.25, -0.2) is 0 Å². The fourth-order valence-corrected chi connectivity index (χ4v) is 3.84. The fraction of sp³-hybridized carbons (Fsp3) is 0. The maximum absolute atomic E-state index is 12.8. The summed E-state index contributed by atoms with van der Waals surface area (Å²) < 4.78 is 0.268. The van der Waals surface area contributed by atoms with Crippen molar-refractivity contribution in [3.63, 3.8) is 0 Å². The lowest BCUT2D eigenvalue weighted by atomic mass is 10.1. The molecule has 0 saturated carbocycles. The molecule has 2 N–H and O–H groups in total. The molecule has 2 aromatic carbocycles. The minimum absolute atomic E-state index is 0.0323. The fourth-order valence-electron chi connectivity index (χ4n) is 2.60. The topological polar surface area (TPSA) is 107 Å². The first-order valence-corrected chi connectivity index (χ1v) is 9.19. The monoisotopic (exact) mass is 411 g/mol. The average molecular weight is 411 g/mol. The van der Waals surface area contributed by atoms with Gasteiger partial charge in [0.05, 0.1) is 26.6 Å². The molecule has 7 nitrogen and oxygen atoms in total. The van der Waals surface area contributed by atoms with Crippen molar-refractivity contribution in [3.8, 4) is 0 Å². The molecule has 0 radical (unpaired) electrons. The molecule has 28 heavy (non-hydrogen) atoms. The number of hydrogen-bond acceptors (Lipinski definition) is 6. The van der Waals surface area contributed by atoms with Crippen molar-refractivity contribution in [1.82, 2.24) is 0 Å². The van der Waals surface area contributed by atoms with Crippen LogP contribution in [0, 0.1) is 10.1 Å². The summed E-state index contributed by atoms with van der Waals surface area (Å²) in [6.07, 6.45) is 4.62. The zero-order chi connectivity index (χ0) is 20.3. The van der Waals surface area contributed by atoms with Crippen molar-refractivity contribution < 1.29 is 14.5 Å². The van der Waals surface area contributed by atoms with E-state index >= 15 is 0 Å².